The number of benzene rings is 1. The number of nitro groups is 1. The summed E-state index contributed by atoms with van der Waals surface area (Å²) in [7, 11) is 1.49. The summed E-state index contributed by atoms with van der Waals surface area (Å²) < 4.78 is 5.09. The molecule has 0 spiro atoms. The van der Waals surface area contributed by atoms with Gasteiger partial charge in [0, 0.05) is 19.2 Å². The maximum Gasteiger partial charge on any atom is 0.278 e. The molecule has 1 aliphatic heterocycles. The first kappa shape index (κ1) is 13.7. The molecule has 1 saturated heterocycles. The Balaban J connectivity index is 2.37. The van der Waals surface area contributed by atoms with E-state index in [4.69, 9.17) is 16.3 Å². The highest BCUT2D eigenvalue weighted by atomic mass is 35.5. The number of halogens is 1. The predicted octanol–water partition coefficient (Wildman–Crippen LogP) is 3.32. The smallest absolute Gasteiger partial charge is 0.278 e. The molecule has 19 heavy (non-hydrogen) atoms. The Morgan fingerprint density at radius 2 is 2.11 bits per heavy atom. The summed E-state index contributed by atoms with van der Waals surface area (Å²) in [5.74, 6) is 0.438. The molecule has 0 aromatic heterocycles. The summed E-state index contributed by atoms with van der Waals surface area (Å²) in [6.07, 6.45) is 5.85. The molecule has 1 aromatic carbocycles. The van der Waals surface area contributed by atoms with E-state index in [2.05, 4.69) is 4.90 Å². The molecule has 1 aliphatic rings. The SMILES string of the molecule is COc1ccc([N+](=O)[O-])c(C=CN2CCCC2)c1Cl. The van der Waals surface area contributed by atoms with Gasteiger partial charge in [-0.15, -0.1) is 0 Å². The van der Waals surface area contributed by atoms with E-state index >= 15 is 0 Å². The second kappa shape index (κ2) is 5.93. The average molecular weight is 283 g/mol. The highest BCUT2D eigenvalue weighted by Crippen LogP contribution is 2.35. The Bertz CT molecular complexity index is 511. The van der Waals surface area contributed by atoms with Crippen molar-refractivity contribution in [2.45, 2.75) is 12.8 Å². The molecule has 1 fully saturated rings. The first-order valence-corrected chi connectivity index (χ1v) is 6.44. The quantitative estimate of drug-likeness (QED) is 0.628. The first-order valence-electron chi connectivity index (χ1n) is 6.06. The molecule has 0 radical (unpaired) electrons. The predicted molar refractivity (Wildman–Crippen MR) is 74.5 cm³/mol. The molecule has 0 amide bonds. The fraction of sp³-hybridized carbons (Fsp3) is 0.385. The van der Waals surface area contributed by atoms with Gasteiger partial charge in [0.25, 0.3) is 5.69 Å². The molecule has 0 N–H and O–H groups in total. The van der Waals surface area contributed by atoms with Crippen molar-refractivity contribution in [2.24, 2.45) is 0 Å². The maximum atomic E-state index is 11.0. The third kappa shape index (κ3) is 2.98. The molecule has 0 bridgehead atoms. The van der Waals surface area contributed by atoms with Crippen LogP contribution in [0.2, 0.25) is 5.02 Å². The molecule has 1 heterocycles. The van der Waals surface area contributed by atoms with Gasteiger partial charge in [-0.2, -0.15) is 0 Å². The van der Waals surface area contributed by atoms with Gasteiger partial charge >= 0.3 is 0 Å². The number of rotatable bonds is 4. The van der Waals surface area contributed by atoms with Gasteiger partial charge in [0.2, 0.25) is 0 Å². The number of likely N-dealkylation sites (tertiary alicyclic amines) is 1. The monoisotopic (exact) mass is 282 g/mol. The minimum atomic E-state index is -0.436. The number of nitrogens with zero attached hydrogens (tertiary/aromatic N) is 2. The highest BCUT2D eigenvalue weighted by Gasteiger charge is 2.18. The van der Waals surface area contributed by atoms with Gasteiger partial charge in [-0.05, 0) is 31.2 Å². The van der Waals surface area contributed by atoms with Gasteiger partial charge in [-0.1, -0.05) is 11.6 Å². The van der Waals surface area contributed by atoms with Crippen molar-refractivity contribution in [1.29, 1.82) is 0 Å². The lowest BCUT2D eigenvalue weighted by atomic mass is 10.1. The van der Waals surface area contributed by atoms with Crippen molar-refractivity contribution in [2.75, 3.05) is 20.2 Å². The zero-order chi connectivity index (χ0) is 13.8. The van der Waals surface area contributed by atoms with Crippen molar-refractivity contribution in [1.82, 2.24) is 4.90 Å². The molecule has 0 unspecified atom stereocenters. The van der Waals surface area contributed by atoms with Gasteiger partial charge in [0.15, 0.2) is 0 Å². The summed E-state index contributed by atoms with van der Waals surface area (Å²) in [5.41, 5.74) is 0.374. The number of hydrogen-bond acceptors (Lipinski definition) is 4. The molecule has 0 saturated carbocycles. The van der Waals surface area contributed by atoms with Crippen molar-refractivity contribution in [3.05, 3.63) is 39.0 Å². The van der Waals surface area contributed by atoms with E-state index in [9.17, 15) is 10.1 Å². The van der Waals surface area contributed by atoms with E-state index in [0.717, 1.165) is 25.9 Å². The van der Waals surface area contributed by atoms with Crippen LogP contribution in [0.5, 0.6) is 5.75 Å². The fourth-order valence-electron chi connectivity index (χ4n) is 2.11. The summed E-state index contributed by atoms with van der Waals surface area (Å²) >= 11 is 6.14. The van der Waals surface area contributed by atoms with Crippen LogP contribution in [0, 0.1) is 10.1 Å². The summed E-state index contributed by atoms with van der Waals surface area (Å²) in [6.45, 7) is 1.96. The Hall–Kier alpha value is -1.75. The Morgan fingerprint density at radius 3 is 2.68 bits per heavy atom. The molecular weight excluding hydrogens is 268 g/mol. The number of nitro benzene ring substituents is 1. The summed E-state index contributed by atoms with van der Waals surface area (Å²) in [6, 6.07) is 2.92. The van der Waals surface area contributed by atoms with Crippen LogP contribution in [-0.2, 0) is 0 Å². The highest BCUT2D eigenvalue weighted by molar-refractivity contribution is 6.34. The minimum Gasteiger partial charge on any atom is -0.495 e. The lowest BCUT2D eigenvalue weighted by molar-refractivity contribution is -0.385. The van der Waals surface area contributed by atoms with Crippen LogP contribution in [-0.4, -0.2) is 30.0 Å². The number of ether oxygens (including phenoxy) is 1. The van der Waals surface area contributed by atoms with Gasteiger partial charge in [0.05, 0.1) is 22.6 Å². The van der Waals surface area contributed by atoms with Crippen molar-refractivity contribution < 1.29 is 9.66 Å². The third-order valence-corrected chi connectivity index (χ3v) is 3.52. The lowest BCUT2D eigenvalue weighted by Gasteiger charge is -2.11. The molecule has 1 aromatic rings. The van der Waals surface area contributed by atoms with Crippen LogP contribution in [0.15, 0.2) is 18.3 Å². The van der Waals surface area contributed by atoms with Gasteiger partial charge < -0.3 is 9.64 Å². The normalized spacial score (nSPS) is 15.2. The second-order valence-electron chi connectivity index (χ2n) is 4.33. The zero-order valence-corrected chi connectivity index (χ0v) is 11.4. The average Bonchev–Trinajstić information content (AvgIpc) is 2.89. The van der Waals surface area contributed by atoms with E-state index < -0.39 is 4.92 Å². The third-order valence-electron chi connectivity index (χ3n) is 3.13. The summed E-state index contributed by atoms with van der Waals surface area (Å²) in [4.78, 5) is 12.7. The molecule has 6 heteroatoms. The van der Waals surface area contributed by atoms with Crippen LogP contribution in [0.3, 0.4) is 0 Å². The fourth-order valence-corrected chi connectivity index (χ4v) is 2.41. The molecule has 0 atom stereocenters. The Labute approximate surface area is 116 Å². The van der Waals surface area contributed by atoms with Crippen LogP contribution in [0.4, 0.5) is 5.69 Å². The first-order chi connectivity index (χ1) is 9.13. The number of methoxy groups -OCH3 is 1. The molecular formula is C13H15ClN2O3. The summed E-state index contributed by atoms with van der Waals surface area (Å²) in [5, 5.41) is 11.3. The Morgan fingerprint density at radius 1 is 1.42 bits per heavy atom. The molecule has 5 nitrogen and oxygen atoms in total. The molecule has 0 aliphatic carbocycles. The van der Waals surface area contributed by atoms with E-state index in [0.29, 0.717) is 11.3 Å². The van der Waals surface area contributed by atoms with Crippen LogP contribution in [0.25, 0.3) is 6.08 Å². The van der Waals surface area contributed by atoms with E-state index in [1.165, 1.54) is 19.2 Å². The Kier molecular flexibility index (Phi) is 4.27. The van der Waals surface area contributed by atoms with Gasteiger partial charge in [0.1, 0.15) is 5.75 Å². The lowest BCUT2D eigenvalue weighted by Crippen LogP contribution is -2.10. The van der Waals surface area contributed by atoms with Gasteiger partial charge in [-0.3, -0.25) is 10.1 Å². The van der Waals surface area contributed by atoms with Gasteiger partial charge in [-0.25, -0.2) is 0 Å². The van der Waals surface area contributed by atoms with E-state index in [-0.39, 0.29) is 10.7 Å². The van der Waals surface area contributed by atoms with Crippen molar-refractivity contribution >= 4 is 23.4 Å². The van der Waals surface area contributed by atoms with Crippen molar-refractivity contribution in [3.63, 3.8) is 0 Å². The minimum absolute atomic E-state index is 0.0127. The standard InChI is InChI=1S/C13H15ClN2O3/c1-19-12-5-4-11(16(17)18)10(13(12)14)6-9-15-7-2-3-8-15/h4-6,9H,2-3,7-8H2,1H3. The van der Waals surface area contributed by atoms with Crippen LogP contribution in [0.1, 0.15) is 18.4 Å². The second-order valence-corrected chi connectivity index (χ2v) is 4.71. The number of hydrogen-bond donors (Lipinski definition) is 0. The molecule has 102 valence electrons. The maximum absolute atomic E-state index is 11.0. The zero-order valence-electron chi connectivity index (χ0n) is 10.6. The topological polar surface area (TPSA) is 55.6 Å². The van der Waals surface area contributed by atoms with E-state index in [1.807, 2.05) is 6.20 Å². The van der Waals surface area contributed by atoms with E-state index in [1.54, 1.807) is 6.08 Å². The van der Waals surface area contributed by atoms with Crippen LogP contribution >= 0.6 is 11.6 Å². The van der Waals surface area contributed by atoms with Crippen molar-refractivity contribution in [3.8, 4) is 5.75 Å². The van der Waals surface area contributed by atoms with Crippen LogP contribution < -0.4 is 4.74 Å². The molecule has 2 rings (SSSR count). The largest absolute Gasteiger partial charge is 0.495 e.